The summed E-state index contributed by atoms with van der Waals surface area (Å²) in [6.45, 7) is 29.0. The Labute approximate surface area is 227 Å². The van der Waals surface area contributed by atoms with Crippen LogP contribution in [-0.4, -0.2) is 42.8 Å². The minimum atomic E-state index is -1.75. The molecule has 0 aromatic carbocycles. The van der Waals surface area contributed by atoms with Gasteiger partial charge in [0, 0.05) is 11.5 Å². The third-order valence-electron chi connectivity index (χ3n) is 11.0. The van der Waals surface area contributed by atoms with E-state index in [0.29, 0.717) is 11.5 Å². The molecule has 4 rings (SSSR count). The van der Waals surface area contributed by atoms with Crippen molar-refractivity contribution in [3.8, 4) is 0 Å². The predicted molar refractivity (Wildman–Crippen MR) is 161 cm³/mol. The minimum Gasteiger partial charge on any atom is -0.415 e. The van der Waals surface area contributed by atoms with E-state index in [0.717, 1.165) is 23.7 Å². The number of hydrogen-bond donors (Lipinski definition) is 0. The van der Waals surface area contributed by atoms with Crippen LogP contribution in [0.1, 0.15) is 78.6 Å². The van der Waals surface area contributed by atoms with Crippen molar-refractivity contribution in [3.05, 3.63) is 0 Å². The Bertz CT molecular complexity index is 799. The second-order valence-corrected chi connectivity index (χ2v) is 30.1. The molecule has 5 unspecified atom stereocenters. The van der Waals surface area contributed by atoms with Crippen LogP contribution in [0, 0.1) is 34.5 Å². The van der Waals surface area contributed by atoms with Crippen molar-refractivity contribution < 1.29 is 13.3 Å². The highest BCUT2D eigenvalue weighted by Crippen LogP contribution is 2.70. The SMILES string of the molecule is CC(O[Si](C)(C)C)[C@@]1(O[Si](C)(C)C)CCC2C3CC[C@H]4CC(O[Si](C)(C)C)CC[C@]4(C)C3CC[C@@]21C. The fraction of sp³-hybridized carbons (Fsp3) is 1.00. The second kappa shape index (κ2) is 9.57. The van der Waals surface area contributed by atoms with Crippen LogP contribution in [0.4, 0.5) is 0 Å². The zero-order chi connectivity index (χ0) is 26.9. The van der Waals surface area contributed by atoms with Crippen LogP contribution in [0.2, 0.25) is 58.9 Å². The van der Waals surface area contributed by atoms with E-state index >= 15 is 0 Å². The fourth-order valence-electron chi connectivity index (χ4n) is 9.95. The van der Waals surface area contributed by atoms with Gasteiger partial charge >= 0.3 is 0 Å². The van der Waals surface area contributed by atoms with Gasteiger partial charge in [-0.05, 0) is 153 Å². The molecule has 9 atom stereocenters. The number of hydrogen-bond acceptors (Lipinski definition) is 3. The monoisotopic (exact) mass is 552 g/mol. The molecule has 0 bridgehead atoms. The Morgan fingerprint density at radius 1 is 0.694 bits per heavy atom. The van der Waals surface area contributed by atoms with Gasteiger partial charge in [-0.25, -0.2) is 0 Å². The second-order valence-electron chi connectivity index (χ2n) is 16.8. The number of rotatable bonds is 7. The smallest absolute Gasteiger partial charge is 0.184 e. The maximum atomic E-state index is 7.36. The molecule has 4 saturated carbocycles. The molecule has 4 aliphatic rings. The van der Waals surface area contributed by atoms with Gasteiger partial charge in [0.15, 0.2) is 25.0 Å². The third kappa shape index (κ3) is 5.43. The van der Waals surface area contributed by atoms with E-state index in [1.807, 2.05) is 0 Å². The minimum absolute atomic E-state index is 0.117. The maximum Gasteiger partial charge on any atom is 0.184 e. The molecule has 210 valence electrons. The van der Waals surface area contributed by atoms with Crippen molar-refractivity contribution in [2.45, 2.75) is 155 Å². The van der Waals surface area contributed by atoms with Crippen molar-refractivity contribution in [3.63, 3.8) is 0 Å². The quantitative estimate of drug-likeness (QED) is 0.295. The first kappa shape index (κ1) is 29.5. The Morgan fingerprint density at radius 2 is 1.33 bits per heavy atom. The molecule has 6 heteroatoms. The van der Waals surface area contributed by atoms with Crippen LogP contribution in [-0.2, 0) is 13.3 Å². The van der Waals surface area contributed by atoms with E-state index < -0.39 is 25.0 Å². The Morgan fingerprint density at radius 3 is 1.92 bits per heavy atom. The molecule has 0 aliphatic heterocycles. The zero-order valence-corrected chi connectivity index (χ0v) is 29.1. The molecular formula is C30H60O3Si3. The topological polar surface area (TPSA) is 27.7 Å². The zero-order valence-electron chi connectivity index (χ0n) is 26.1. The third-order valence-corrected chi connectivity index (χ3v) is 14.1. The maximum absolute atomic E-state index is 7.36. The molecule has 4 aliphatic carbocycles. The van der Waals surface area contributed by atoms with Gasteiger partial charge < -0.3 is 13.3 Å². The highest BCUT2D eigenvalue weighted by molar-refractivity contribution is 6.70. The Kier molecular flexibility index (Phi) is 7.85. The highest BCUT2D eigenvalue weighted by Gasteiger charge is 2.67. The van der Waals surface area contributed by atoms with Crippen LogP contribution in [0.3, 0.4) is 0 Å². The lowest BCUT2D eigenvalue weighted by Crippen LogP contribution is -2.63. The molecule has 0 aromatic heterocycles. The van der Waals surface area contributed by atoms with Crippen LogP contribution in [0.5, 0.6) is 0 Å². The summed E-state index contributed by atoms with van der Waals surface area (Å²) in [4.78, 5) is 0. The van der Waals surface area contributed by atoms with E-state index in [9.17, 15) is 0 Å². The molecule has 0 radical (unpaired) electrons. The molecule has 3 nitrogen and oxygen atoms in total. The molecule has 0 amide bonds. The van der Waals surface area contributed by atoms with E-state index in [1.165, 1.54) is 57.8 Å². The molecule has 0 spiro atoms. The predicted octanol–water partition coefficient (Wildman–Crippen LogP) is 9.08. The lowest BCUT2D eigenvalue weighted by Gasteiger charge is -2.63. The van der Waals surface area contributed by atoms with Crippen LogP contribution in [0.25, 0.3) is 0 Å². The average Bonchev–Trinajstić information content (AvgIpc) is 2.98. The highest BCUT2D eigenvalue weighted by atomic mass is 28.4. The van der Waals surface area contributed by atoms with Gasteiger partial charge in [-0.1, -0.05) is 13.8 Å². The first-order chi connectivity index (χ1) is 16.3. The summed E-state index contributed by atoms with van der Waals surface area (Å²) in [7, 11) is -4.88. The molecule has 0 saturated heterocycles. The van der Waals surface area contributed by atoms with Crippen molar-refractivity contribution in [2.75, 3.05) is 0 Å². The summed E-state index contributed by atoms with van der Waals surface area (Å²) in [6.07, 6.45) is 12.8. The van der Waals surface area contributed by atoms with Crippen LogP contribution >= 0.6 is 0 Å². The van der Waals surface area contributed by atoms with E-state index in [2.05, 4.69) is 79.7 Å². The van der Waals surface area contributed by atoms with Gasteiger partial charge in [0.25, 0.3) is 0 Å². The summed E-state index contributed by atoms with van der Waals surface area (Å²) in [6, 6.07) is 0. The molecule has 4 fully saturated rings. The lowest BCUT2D eigenvalue weighted by molar-refractivity contribution is -0.175. The first-order valence-corrected chi connectivity index (χ1v) is 25.6. The first-order valence-electron chi connectivity index (χ1n) is 15.4. The van der Waals surface area contributed by atoms with Crippen molar-refractivity contribution >= 4 is 25.0 Å². The number of fused-ring (bicyclic) bond motifs is 5. The van der Waals surface area contributed by atoms with Crippen molar-refractivity contribution in [2.24, 2.45) is 34.5 Å². The standard InChI is InChI=1S/C30H60O3Si3/c1-22(31-34(4,5)6)30(33-36(10,11)12)20-17-27-25-14-13-23-21-24(32-35(7,8)9)15-18-28(23,2)26(25)16-19-29(27,30)3/h22-27H,13-21H2,1-12H3/t22?,23-,24?,25?,26?,27?,28-,29-,30-/m0/s1. The summed E-state index contributed by atoms with van der Waals surface area (Å²) in [5.74, 6) is 3.40. The molecule has 0 N–H and O–H groups in total. The molecule has 0 aromatic rings. The molecule has 0 heterocycles. The van der Waals surface area contributed by atoms with E-state index in [1.54, 1.807) is 0 Å². The molecular weight excluding hydrogens is 493 g/mol. The molecule has 36 heavy (non-hydrogen) atoms. The van der Waals surface area contributed by atoms with Gasteiger partial charge in [-0.2, -0.15) is 0 Å². The normalized spacial score (nSPS) is 44.5. The summed E-state index contributed by atoms with van der Waals surface area (Å²) in [5.41, 5.74) is 0.623. The van der Waals surface area contributed by atoms with Gasteiger partial charge in [0.1, 0.15) is 0 Å². The lowest BCUT2D eigenvalue weighted by atomic mass is 9.44. The largest absolute Gasteiger partial charge is 0.415 e. The van der Waals surface area contributed by atoms with E-state index in [-0.39, 0.29) is 17.1 Å². The van der Waals surface area contributed by atoms with E-state index in [4.69, 9.17) is 13.3 Å². The average molecular weight is 553 g/mol. The summed E-state index contributed by atoms with van der Waals surface area (Å²) in [5, 5.41) is 0. The van der Waals surface area contributed by atoms with Gasteiger partial charge in [0.2, 0.25) is 0 Å². The van der Waals surface area contributed by atoms with Crippen LogP contribution < -0.4 is 0 Å². The van der Waals surface area contributed by atoms with Gasteiger partial charge in [-0.3, -0.25) is 0 Å². The fourth-order valence-corrected chi connectivity index (χ4v) is 14.0. The summed E-state index contributed by atoms with van der Waals surface area (Å²) >= 11 is 0. The van der Waals surface area contributed by atoms with Crippen LogP contribution in [0.15, 0.2) is 0 Å². The Hall–Kier alpha value is 0.531. The summed E-state index contributed by atoms with van der Waals surface area (Å²) < 4.78 is 20.9. The van der Waals surface area contributed by atoms with Crippen molar-refractivity contribution in [1.29, 1.82) is 0 Å². The van der Waals surface area contributed by atoms with Gasteiger partial charge in [-0.15, -0.1) is 0 Å². The van der Waals surface area contributed by atoms with Gasteiger partial charge in [0.05, 0.1) is 11.7 Å². The Balaban J connectivity index is 1.59. The van der Waals surface area contributed by atoms with Crippen molar-refractivity contribution in [1.82, 2.24) is 0 Å².